The van der Waals surface area contributed by atoms with Crippen molar-refractivity contribution in [1.82, 2.24) is 5.32 Å². The summed E-state index contributed by atoms with van der Waals surface area (Å²) in [6.07, 6.45) is 0. The van der Waals surface area contributed by atoms with E-state index in [1.807, 2.05) is 74.5 Å². The van der Waals surface area contributed by atoms with Gasteiger partial charge in [-0.05, 0) is 24.6 Å². The van der Waals surface area contributed by atoms with Crippen molar-refractivity contribution in [3.63, 3.8) is 0 Å². The Bertz CT molecular complexity index is 605. The van der Waals surface area contributed by atoms with E-state index >= 15 is 0 Å². The van der Waals surface area contributed by atoms with E-state index in [4.69, 9.17) is 10.5 Å². The number of carbonyl (C=O) groups excluding carboxylic acids is 1. The van der Waals surface area contributed by atoms with Crippen LogP contribution in [-0.4, -0.2) is 18.6 Å². The van der Waals surface area contributed by atoms with E-state index in [1.54, 1.807) is 0 Å². The number of hydrogen-bond acceptors (Lipinski definition) is 3. The van der Waals surface area contributed by atoms with Crippen LogP contribution in [0.3, 0.4) is 0 Å². The van der Waals surface area contributed by atoms with Crippen molar-refractivity contribution in [3.05, 3.63) is 66.2 Å². The molecule has 5 heteroatoms. The number of nitrogens with two attached hydrogens (primary N) is 1. The predicted molar refractivity (Wildman–Crippen MR) is 99.3 cm³/mol. The molecular formula is C19H25ClN2O2. The minimum Gasteiger partial charge on any atom is -0.491 e. The Morgan fingerprint density at radius 1 is 1.04 bits per heavy atom. The van der Waals surface area contributed by atoms with Gasteiger partial charge in [-0.25, -0.2) is 0 Å². The van der Waals surface area contributed by atoms with Crippen molar-refractivity contribution in [2.45, 2.75) is 25.9 Å². The van der Waals surface area contributed by atoms with Gasteiger partial charge in [0.05, 0.1) is 6.04 Å². The number of amides is 1. The lowest BCUT2D eigenvalue weighted by atomic mass is 10.0. The molecule has 2 rings (SSSR count). The number of hydrogen-bond donors (Lipinski definition) is 2. The number of nitrogens with one attached hydrogen (secondary N) is 1. The molecule has 24 heavy (non-hydrogen) atoms. The van der Waals surface area contributed by atoms with Crippen LogP contribution < -0.4 is 15.8 Å². The van der Waals surface area contributed by atoms with Crippen LogP contribution in [0, 0.1) is 5.92 Å². The van der Waals surface area contributed by atoms with Crippen molar-refractivity contribution >= 4 is 18.3 Å². The van der Waals surface area contributed by atoms with Gasteiger partial charge in [-0.1, -0.05) is 55.5 Å². The zero-order valence-corrected chi connectivity index (χ0v) is 14.8. The van der Waals surface area contributed by atoms with Gasteiger partial charge < -0.3 is 15.8 Å². The van der Waals surface area contributed by atoms with Gasteiger partial charge in [0.15, 0.2) is 0 Å². The maximum atomic E-state index is 12.3. The van der Waals surface area contributed by atoms with Crippen molar-refractivity contribution in [2.24, 2.45) is 11.7 Å². The first-order valence-corrected chi connectivity index (χ1v) is 7.86. The fourth-order valence-corrected chi connectivity index (χ4v) is 2.14. The third kappa shape index (κ3) is 5.87. The second-order valence-electron chi connectivity index (χ2n) is 5.74. The number of benzene rings is 2. The van der Waals surface area contributed by atoms with Gasteiger partial charge >= 0.3 is 0 Å². The van der Waals surface area contributed by atoms with Crippen molar-refractivity contribution in [3.8, 4) is 5.75 Å². The molecule has 0 aromatic heterocycles. The van der Waals surface area contributed by atoms with Gasteiger partial charge in [0.2, 0.25) is 5.91 Å². The Kier molecular flexibility index (Phi) is 8.30. The van der Waals surface area contributed by atoms with Crippen molar-refractivity contribution in [2.75, 3.05) is 6.61 Å². The van der Waals surface area contributed by atoms with Crippen molar-refractivity contribution in [1.29, 1.82) is 0 Å². The Labute approximate surface area is 149 Å². The van der Waals surface area contributed by atoms with E-state index in [0.29, 0.717) is 6.61 Å². The molecule has 4 nitrogen and oxygen atoms in total. The molecule has 1 amide bonds. The minimum absolute atomic E-state index is 0. The van der Waals surface area contributed by atoms with Crippen LogP contribution >= 0.6 is 12.4 Å². The molecule has 0 saturated carbocycles. The predicted octanol–water partition coefficient (Wildman–Crippen LogP) is 3.33. The standard InChI is InChI=1S/C19H24N2O2.ClH/c1-14(15(2)20)19(22)21-18(16-9-5-3-6-10-16)13-23-17-11-7-4-8-12-17;/h3-12,14-15,18H,13,20H2,1-2H3,(H,21,22);1H. The highest BCUT2D eigenvalue weighted by molar-refractivity contribution is 5.85. The molecule has 0 aliphatic rings. The number of para-hydroxylation sites is 1. The molecule has 0 saturated heterocycles. The fourth-order valence-electron chi connectivity index (χ4n) is 2.14. The van der Waals surface area contributed by atoms with E-state index < -0.39 is 0 Å². The lowest BCUT2D eigenvalue weighted by Crippen LogP contribution is -2.41. The maximum absolute atomic E-state index is 12.3. The van der Waals surface area contributed by atoms with Gasteiger partial charge in [0, 0.05) is 12.0 Å². The molecule has 3 unspecified atom stereocenters. The zero-order valence-electron chi connectivity index (χ0n) is 14.0. The first-order chi connectivity index (χ1) is 11.1. The molecule has 2 aromatic rings. The highest BCUT2D eigenvalue weighted by Gasteiger charge is 2.22. The summed E-state index contributed by atoms with van der Waals surface area (Å²) in [6.45, 7) is 4.04. The molecule has 0 aliphatic heterocycles. The Morgan fingerprint density at radius 3 is 2.12 bits per heavy atom. The first kappa shape index (κ1) is 20.0. The molecule has 0 bridgehead atoms. The van der Waals surface area contributed by atoms with Gasteiger partial charge in [-0.2, -0.15) is 0 Å². The van der Waals surface area contributed by atoms with E-state index in [-0.39, 0.29) is 36.3 Å². The van der Waals surface area contributed by atoms with Crippen LogP contribution in [0.4, 0.5) is 0 Å². The molecule has 2 aromatic carbocycles. The molecule has 130 valence electrons. The Hall–Kier alpha value is -2.04. The first-order valence-electron chi connectivity index (χ1n) is 7.86. The third-order valence-corrected chi connectivity index (χ3v) is 3.88. The molecule has 3 N–H and O–H groups in total. The highest BCUT2D eigenvalue weighted by Crippen LogP contribution is 2.17. The summed E-state index contributed by atoms with van der Waals surface area (Å²) in [5, 5.41) is 3.04. The summed E-state index contributed by atoms with van der Waals surface area (Å²) < 4.78 is 5.82. The smallest absolute Gasteiger partial charge is 0.224 e. The monoisotopic (exact) mass is 348 g/mol. The summed E-state index contributed by atoms with van der Waals surface area (Å²) >= 11 is 0. The summed E-state index contributed by atoms with van der Waals surface area (Å²) in [7, 11) is 0. The Balaban J connectivity index is 0.00000288. The molecule has 3 atom stereocenters. The topological polar surface area (TPSA) is 64.4 Å². The number of rotatable bonds is 7. The van der Waals surface area contributed by atoms with E-state index in [9.17, 15) is 4.79 Å². The molecule has 0 heterocycles. The van der Waals surface area contributed by atoms with Gasteiger partial charge in [0.1, 0.15) is 12.4 Å². The molecule has 0 radical (unpaired) electrons. The van der Waals surface area contributed by atoms with Crippen LogP contribution in [-0.2, 0) is 4.79 Å². The largest absolute Gasteiger partial charge is 0.491 e. The van der Waals surface area contributed by atoms with Crippen LogP contribution in [0.2, 0.25) is 0 Å². The second-order valence-corrected chi connectivity index (χ2v) is 5.74. The molecule has 0 spiro atoms. The van der Waals surface area contributed by atoms with Crippen LogP contribution in [0.15, 0.2) is 60.7 Å². The molecule has 0 aliphatic carbocycles. The van der Waals surface area contributed by atoms with E-state index in [0.717, 1.165) is 11.3 Å². The lowest BCUT2D eigenvalue weighted by molar-refractivity contribution is -0.126. The number of ether oxygens (including phenoxy) is 1. The lowest BCUT2D eigenvalue weighted by Gasteiger charge is -2.23. The zero-order chi connectivity index (χ0) is 16.7. The van der Waals surface area contributed by atoms with Crippen molar-refractivity contribution < 1.29 is 9.53 Å². The average Bonchev–Trinajstić information content (AvgIpc) is 2.59. The third-order valence-electron chi connectivity index (χ3n) is 3.88. The van der Waals surface area contributed by atoms with Crippen LogP contribution in [0.1, 0.15) is 25.5 Å². The van der Waals surface area contributed by atoms with Crippen LogP contribution in [0.5, 0.6) is 5.75 Å². The summed E-state index contributed by atoms with van der Waals surface area (Å²) in [4.78, 5) is 12.3. The van der Waals surface area contributed by atoms with Gasteiger partial charge in [-0.15, -0.1) is 12.4 Å². The van der Waals surface area contributed by atoms with Gasteiger partial charge in [0.25, 0.3) is 0 Å². The van der Waals surface area contributed by atoms with E-state index in [2.05, 4.69) is 5.32 Å². The van der Waals surface area contributed by atoms with Gasteiger partial charge in [-0.3, -0.25) is 4.79 Å². The fraction of sp³-hybridized carbons (Fsp3) is 0.316. The quantitative estimate of drug-likeness (QED) is 0.806. The summed E-state index contributed by atoms with van der Waals surface area (Å²) in [5.41, 5.74) is 6.83. The van der Waals surface area contributed by atoms with Crippen LogP contribution in [0.25, 0.3) is 0 Å². The normalized spacial score (nSPS) is 14.0. The average molecular weight is 349 g/mol. The number of carbonyl (C=O) groups is 1. The second kappa shape index (κ2) is 9.96. The summed E-state index contributed by atoms with van der Waals surface area (Å²) in [5.74, 6) is 0.464. The summed E-state index contributed by atoms with van der Waals surface area (Å²) in [6, 6.07) is 19.0. The van der Waals surface area contributed by atoms with E-state index in [1.165, 1.54) is 0 Å². The maximum Gasteiger partial charge on any atom is 0.224 e. The molecular weight excluding hydrogens is 324 g/mol. The molecule has 0 fully saturated rings. The highest BCUT2D eigenvalue weighted by atomic mass is 35.5. The Morgan fingerprint density at radius 2 is 1.58 bits per heavy atom. The minimum atomic E-state index is -0.252. The SMILES string of the molecule is CC(N)C(C)C(=O)NC(COc1ccccc1)c1ccccc1.Cl. The number of halogens is 1.